The zero-order chi connectivity index (χ0) is 16.9. The lowest BCUT2D eigenvalue weighted by molar-refractivity contribution is 0.0545. The van der Waals surface area contributed by atoms with E-state index in [9.17, 15) is 0 Å². The third-order valence-corrected chi connectivity index (χ3v) is 5.11. The van der Waals surface area contributed by atoms with E-state index in [0.29, 0.717) is 6.04 Å². The van der Waals surface area contributed by atoms with Crippen LogP contribution in [0.1, 0.15) is 42.9 Å². The van der Waals surface area contributed by atoms with Gasteiger partial charge in [-0.3, -0.25) is 4.68 Å². The smallest absolute Gasteiger partial charge is 0.111 e. The minimum absolute atomic E-state index is 0.0927. The van der Waals surface area contributed by atoms with Crippen LogP contribution in [0.3, 0.4) is 0 Å². The molecule has 1 fully saturated rings. The van der Waals surface area contributed by atoms with Crippen molar-refractivity contribution in [1.29, 1.82) is 0 Å². The molecule has 0 spiro atoms. The number of ether oxygens (including phenoxy) is 1. The lowest BCUT2D eigenvalue weighted by Gasteiger charge is -2.32. The fourth-order valence-corrected chi connectivity index (χ4v) is 3.55. The zero-order valence-corrected chi connectivity index (χ0v) is 15.2. The highest BCUT2D eigenvalue weighted by Crippen LogP contribution is 2.28. The minimum atomic E-state index is -0.0927. The fraction of sp³-hybridized carbons (Fsp3) is 0.526. The molecule has 2 atom stereocenters. The number of halogens is 1. The average molecular weight is 348 g/mol. The molecule has 24 heavy (non-hydrogen) atoms. The number of piperidine rings is 1. The van der Waals surface area contributed by atoms with Gasteiger partial charge in [-0.15, -0.1) is 0 Å². The van der Waals surface area contributed by atoms with E-state index in [1.165, 1.54) is 25.8 Å². The Hall–Kier alpha value is -1.36. The van der Waals surface area contributed by atoms with Crippen LogP contribution in [0.4, 0.5) is 0 Å². The third-order valence-electron chi connectivity index (χ3n) is 4.86. The van der Waals surface area contributed by atoms with Gasteiger partial charge < -0.3 is 9.64 Å². The number of benzene rings is 1. The number of rotatable bonds is 6. The van der Waals surface area contributed by atoms with Crippen LogP contribution in [-0.2, 0) is 11.8 Å². The first-order valence-electron chi connectivity index (χ1n) is 8.69. The topological polar surface area (TPSA) is 30.3 Å². The molecule has 1 aromatic carbocycles. The number of hydrogen-bond donors (Lipinski definition) is 0. The molecule has 1 aliphatic rings. The summed E-state index contributed by atoms with van der Waals surface area (Å²) in [5.74, 6) is 0. The maximum Gasteiger partial charge on any atom is 0.111 e. The van der Waals surface area contributed by atoms with Gasteiger partial charge in [0.2, 0.25) is 0 Å². The van der Waals surface area contributed by atoms with Crippen molar-refractivity contribution in [1.82, 2.24) is 14.7 Å². The molecule has 3 rings (SSSR count). The SMILES string of the molecule is CN1CCCCC1CCOC(c1ccc(Cl)cc1)c1cnn(C)c1. The van der Waals surface area contributed by atoms with Gasteiger partial charge in [-0.25, -0.2) is 0 Å². The highest BCUT2D eigenvalue weighted by atomic mass is 35.5. The molecule has 0 aliphatic carbocycles. The summed E-state index contributed by atoms with van der Waals surface area (Å²) in [4.78, 5) is 2.47. The van der Waals surface area contributed by atoms with Crippen LogP contribution in [0.2, 0.25) is 5.02 Å². The molecule has 2 unspecified atom stereocenters. The second-order valence-electron chi connectivity index (χ2n) is 6.67. The van der Waals surface area contributed by atoms with Gasteiger partial charge in [0.05, 0.1) is 6.20 Å². The van der Waals surface area contributed by atoms with Gasteiger partial charge in [-0.05, 0) is 50.6 Å². The summed E-state index contributed by atoms with van der Waals surface area (Å²) in [7, 11) is 4.15. The Morgan fingerprint density at radius 3 is 2.67 bits per heavy atom. The van der Waals surface area contributed by atoms with Crippen LogP contribution in [-0.4, -0.2) is 40.9 Å². The Bertz CT molecular complexity index is 640. The standard InChI is InChI=1S/C19H26ClN3O/c1-22-11-4-3-5-18(22)10-12-24-19(16-13-21-23(2)14-16)15-6-8-17(20)9-7-15/h6-9,13-14,18-19H,3-5,10-12H2,1-2H3. The van der Waals surface area contributed by atoms with Crippen LogP contribution in [0.5, 0.6) is 0 Å². The van der Waals surface area contributed by atoms with Crippen LogP contribution in [0.25, 0.3) is 0 Å². The molecule has 0 amide bonds. The van der Waals surface area contributed by atoms with Crippen LogP contribution >= 0.6 is 11.6 Å². The number of likely N-dealkylation sites (tertiary alicyclic amines) is 1. The Kier molecular flexibility index (Phi) is 5.93. The molecular formula is C19H26ClN3O. The molecule has 130 valence electrons. The van der Waals surface area contributed by atoms with Crippen LogP contribution in [0.15, 0.2) is 36.7 Å². The Labute approximate surface area is 149 Å². The number of nitrogens with zero attached hydrogens (tertiary/aromatic N) is 3. The van der Waals surface area contributed by atoms with Crippen molar-refractivity contribution in [3.05, 3.63) is 52.8 Å². The zero-order valence-electron chi connectivity index (χ0n) is 14.5. The summed E-state index contributed by atoms with van der Waals surface area (Å²) in [6.07, 6.45) is 8.80. The Balaban J connectivity index is 1.67. The number of aryl methyl sites for hydroxylation is 1. The predicted octanol–water partition coefficient (Wildman–Crippen LogP) is 4.05. The summed E-state index contributed by atoms with van der Waals surface area (Å²) in [6.45, 7) is 1.95. The number of aromatic nitrogens is 2. The molecule has 1 aromatic heterocycles. The summed E-state index contributed by atoms with van der Waals surface area (Å²) >= 11 is 6.03. The highest BCUT2D eigenvalue weighted by Gasteiger charge is 2.21. The molecule has 0 bridgehead atoms. The molecule has 4 nitrogen and oxygen atoms in total. The van der Waals surface area contributed by atoms with Crippen molar-refractivity contribution in [3.8, 4) is 0 Å². The van der Waals surface area contributed by atoms with Gasteiger partial charge in [0.15, 0.2) is 0 Å². The summed E-state index contributed by atoms with van der Waals surface area (Å²) in [6, 6.07) is 8.54. The van der Waals surface area contributed by atoms with Crippen LogP contribution < -0.4 is 0 Å². The quantitative estimate of drug-likeness (QED) is 0.789. The minimum Gasteiger partial charge on any atom is -0.369 e. The molecule has 0 saturated carbocycles. The molecule has 2 heterocycles. The van der Waals surface area contributed by atoms with E-state index in [4.69, 9.17) is 16.3 Å². The molecule has 2 aromatic rings. The van der Waals surface area contributed by atoms with Crippen molar-refractivity contribution in [3.63, 3.8) is 0 Å². The monoisotopic (exact) mass is 347 g/mol. The van der Waals surface area contributed by atoms with Crippen molar-refractivity contribution in [2.24, 2.45) is 7.05 Å². The normalized spacial score (nSPS) is 20.2. The molecular weight excluding hydrogens is 322 g/mol. The lowest BCUT2D eigenvalue weighted by Crippen LogP contribution is -2.37. The van der Waals surface area contributed by atoms with Crippen LogP contribution in [0, 0.1) is 0 Å². The van der Waals surface area contributed by atoms with E-state index in [1.807, 2.05) is 48.4 Å². The predicted molar refractivity (Wildman–Crippen MR) is 97.3 cm³/mol. The highest BCUT2D eigenvalue weighted by molar-refractivity contribution is 6.30. The second-order valence-corrected chi connectivity index (χ2v) is 7.11. The molecule has 1 aliphatic heterocycles. The summed E-state index contributed by atoms with van der Waals surface area (Å²) < 4.78 is 8.11. The van der Waals surface area contributed by atoms with Gasteiger partial charge in [-0.2, -0.15) is 5.10 Å². The van der Waals surface area contributed by atoms with E-state index in [1.54, 1.807) is 0 Å². The van der Waals surface area contributed by atoms with E-state index in [2.05, 4.69) is 17.0 Å². The second kappa shape index (κ2) is 8.15. The first-order valence-corrected chi connectivity index (χ1v) is 9.07. The van der Waals surface area contributed by atoms with Crippen molar-refractivity contribution >= 4 is 11.6 Å². The van der Waals surface area contributed by atoms with Gasteiger partial charge in [0.25, 0.3) is 0 Å². The van der Waals surface area contributed by atoms with E-state index in [0.717, 1.165) is 29.2 Å². The summed E-state index contributed by atoms with van der Waals surface area (Å²) in [5, 5.41) is 5.04. The lowest BCUT2D eigenvalue weighted by atomic mass is 10.0. The maximum absolute atomic E-state index is 6.30. The molecule has 1 saturated heterocycles. The van der Waals surface area contributed by atoms with Gasteiger partial charge in [0.1, 0.15) is 6.10 Å². The van der Waals surface area contributed by atoms with Gasteiger partial charge in [-0.1, -0.05) is 30.2 Å². The van der Waals surface area contributed by atoms with Crippen molar-refractivity contribution in [2.45, 2.75) is 37.8 Å². The first kappa shape index (κ1) is 17.5. The summed E-state index contributed by atoms with van der Waals surface area (Å²) in [5.41, 5.74) is 2.20. The molecule has 0 N–H and O–H groups in total. The molecule has 0 radical (unpaired) electrons. The first-order chi connectivity index (χ1) is 11.6. The van der Waals surface area contributed by atoms with Gasteiger partial charge in [0, 0.05) is 36.5 Å². The maximum atomic E-state index is 6.30. The number of hydrogen-bond acceptors (Lipinski definition) is 3. The van der Waals surface area contributed by atoms with Gasteiger partial charge >= 0.3 is 0 Å². The van der Waals surface area contributed by atoms with E-state index < -0.39 is 0 Å². The average Bonchev–Trinajstić information content (AvgIpc) is 3.00. The van der Waals surface area contributed by atoms with E-state index in [-0.39, 0.29) is 6.10 Å². The van der Waals surface area contributed by atoms with E-state index >= 15 is 0 Å². The Morgan fingerprint density at radius 1 is 1.21 bits per heavy atom. The van der Waals surface area contributed by atoms with Crippen molar-refractivity contribution < 1.29 is 4.74 Å². The Morgan fingerprint density at radius 2 is 2.00 bits per heavy atom. The fourth-order valence-electron chi connectivity index (χ4n) is 3.43. The van der Waals surface area contributed by atoms with Crippen molar-refractivity contribution in [2.75, 3.05) is 20.2 Å². The molecule has 5 heteroatoms. The third kappa shape index (κ3) is 4.38. The largest absolute Gasteiger partial charge is 0.369 e.